The lowest BCUT2D eigenvalue weighted by Crippen LogP contribution is -2.62. The Bertz CT molecular complexity index is 4530. The zero-order valence-corrected chi connectivity index (χ0v) is 81.0. The van der Waals surface area contributed by atoms with Gasteiger partial charge >= 0.3 is 18.2 Å². The molecule has 132 heavy (non-hydrogen) atoms. The van der Waals surface area contributed by atoms with E-state index < -0.39 is 202 Å². The highest BCUT2D eigenvalue weighted by Crippen LogP contribution is 2.66. The van der Waals surface area contributed by atoms with E-state index in [4.69, 9.17) is 25.7 Å². The van der Waals surface area contributed by atoms with Gasteiger partial charge in [-0.1, -0.05) is 119 Å². The number of fused-ring (bicyclic) bond motifs is 3. The zero-order valence-electron chi connectivity index (χ0n) is 80.1. The van der Waals surface area contributed by atoms with Gasteiger partial charge in [0.2, 0.25) is 64.6 Å². The minimum atomic E-state index is -2.83. The molecule has 12 aliphatic rings. The summed E-state index contributed by atoms with van der Waals surface area (Å²) in [7, 11) is 3.15. The maximum Gasteiger partial charge on any atom is 0.408 e. The quantitative estimate of drug-likeness (QED) is 0.0299. The van der Waals surface area contributed by atoms with Crippen LogP contribution in [0.5, 0.6) is 0 Å². The van der Waals surface area contributed by atoms with Gasteiger partial charge in [0.25, 0.3) is 17.7 Å². The Morgan fingerprint density at radius 3 is 1.47 bits per heavy atom. The third-order valence-electron chi connectivity index (χ3n) is 29.5. The third kappa shape index (κ3) is 25.8. The van der Waals surface area contributed by atoms with Gasteiger partial charge < -0.3 is 88.2 Å². The Morgan fingerprint density at radius 2 is 1.03 bits per heavy atom. The zero-order chi connectivity index (χ0) is 97.5. The molecule has 0 aromatic carbocycles. The van der Waals surface area contributed by atoms with Crippen molar-refractivity contribution in [1.29, 1.82) is 0 Å². The van der Waals surface area contributed by atoms with E-state index in [2.05, 4.69) is 61.7 Å². The fourth-order valence-electron chi connectivity index (χ4n) is 21.2. The van der Waals surface area contributed by atoms with Crippen molar-refractivity contribution in [3.63, 3.8) is 0 Å². The number of ketones is 4. The summed E-state index contributed by atoms with van der Waals surface area (Å²) in [6, 6.07) is -5.68. The number of thiophene rings is 1. The van der Waals surface area contributed by atoms with Gasteiger partial charge in [-0.15, -0.1) is 11.3 Å². The molecule has 13 N–H and O–H groups in total. The number of carbonyl (C=O) groups is 17. The lowest BCUT2D eigenvalue weighted by molar-refractivity contribution is -0.145. The molecule has 4 heterocycles. The molecule has 0 bridgehead atoms. The number of carbonyl (C=O) groups excluding carboxylic acids is 17. The highest BCUT2D eigenvalue weighted by Gasteiger charge is 2.72. The van der Waals surface area contributed by atoms with Crippen molar-refractivity contribution < 1.29 is 104 Å². The number of ether oxygens (including phenoxy) is 3. The Morgan fingerprint density at radius 1 is 0.561 bits per heavy atom. The number of nitrogens with two attached hydrogens (primary N) is 2. The monoisotopic (exact) mass is 1870 g/mol. The average molecular weight is 1870 g/mol. The van der Waals surface area contributed by atoms with Crippen LogP contribution in [0.25, 0.3) is 0 Å². The number of hydrogen-bond acceptors (Lipinski definition) is 21. The number of alkyl halides is 2. The molecule has 9 aliphatic carbocycles. The number of nitrogens with zero attached hydrogens (tertiary/aromatic N) is 3. The van der Waals surface area contributed by atoms with E-state index in [0.717, 1.165) is 89.9 Å². The van der Waals surface area contributed by atoms with Crippen LogP contribution in [0.3, 0.4) is 0 Å². The smallest absolute Gasteiger partial charge is 0.408 e. The molecule has 14 amide bonds. The molecule has 1 aromatic heterocycles. The molecule has 7 unspecified atom stereocenters. The second kappa shape index (κ2) is 40.3. The molecule has 34 nitrogen and oxygen atoms in total. The maximum absolute atomic E-state index is 14.7. The van der Waals surface area contributed by atoms with E-state index in [1.807, 2.05) is 55.4 Å². The fourth-order valence-corrected chi connectivity index (χ4v) is 21.9. The summed E-state index contributed by atoms with van der Waals surface area (Å²) < 4.78 is 45.2. The second-order valence-corrected chi connectivity index (χ2v) is 45.9. The standard InChI is InChI=1S/C40H59N5O9S.C28H42F2N4O6.C27H43N5O5/c1-39(2,3)54-38(52)44-31(23-12-9-8-10-13-23)33(47)24-19-27-25(20-40(4,5)53-27)30(24)35(49)42-26(18-22-15-16-22)34(48)36(50)41-21-29(46)43-32(37(51)45(6)7)28-14-11-17-55-28;1-26(2,3)40-25(39)33-19(15-8-10-28(29,30)11-9-15)24(38)34-13-16-18(27(16,4)5)20(34)23(37)32-17(12-14-6-7-14)21(35)22(31)36;1-25(2,3)20(30-24(37)31-27(6)10-11-27)23(36)32-13-15-17(26(15,4)5)18(32)22(35)29-16(19(33)21(28)34)12-14-8-7-9-14/h11,14,17,22-27,30-32H,8-10,12-13,15-16,18-21H2,1-7H3,(H,41,50)(H,42,49)(H,43,46)(H,44,52);14-20H,6-13H2,1-5H3,(H2,31,36)(H,32,37)(H,33,39);14-18,20H,7-13H2,1-6H3,(H2,28,34)(H,29,35)(H2,30,31,37)/t24?,25-,26?,27-,30-,31-,32-;16?,17?,18-,19-,20-;15?,16?,17?,18-,20+/m000/s1. The SMILES string of the molecule is CC(C)(C)OC(=O)N[C@H](C(=O)N1CC2[C@@H]([C@H]1C(=O)NC(CC1CC1)C(=O)C(N)=O)C2(C)C)C1CCC(F)(F)CC1.CC1(NC(=O)N[C@H](C(=O)N2CC3C([C@H]2C(=O)NC(CC2CCC2)C(=O)C(N)=O)C3(C)C)C(C)(C)C)CC1.CN(C)C(=O)[C@@H](NC(=O)CNC(=O)C(=O)C(CC1CC1)NC(=O)[C@H]1C(C(=O)[C@@H](NC(=O)OC(C)(C)C)C2CCCCC2)C[C@@H]2OC(C)(C)C[C@@H]21)c1cccs1. The molecular formula is C95H144F2N14O20S. The molecule has 12 fully saturated rings. The number of piperidine rings is 2. The number of rotatable bonds is 33. The minimum Gasteiger partial charge on any atom is -0.444 e. The summed E-state index contributed by atoms with van der Waals surface area (Å²) in [4.78, 5) is 229. The van der Waals surface area contributed by atoms with Gasteiger partial charge in [0.1, 0.15) is 41.4 Å². The molecule has 0 spiro atoms. The first-order chi connectivity index (χ1) is 61.3. The Hall–Kier alpha value is -9.29. The largest absolute Gasteiger partial charge is 0.444 e. The molecule has 37 heteroatoms. The van der Waals surface area contributed by atoms with Crippen molar-refractivity contribution in [2.75, 3.05) is 33.7 Å². The number of amides is 14. The minimum absolute atomic E-state index is 0.0128. The second-order valence-electron chi connectivity index (χ2n) is 45.0. The highest BCUT2D eigenvalue weighted by atomic mass is 32.1. The molecule has 17 atom stereocenters. The summed E-state index contributed by atoms with van der Waals surface area (Å²) in [5, 5.41) is 26.5. The van der Waals surface area contributed by atoms with Crippen LogP contribution in [-0.4, -0.2) is 232 Å². The van der Waals surface area contributed by atoms with Crippen molar-refractivity contribution in [3.8, 4) is 0 Å². The lowest BCUT2D eigenvalue weighted by Gasteiger charge is -2.38. The summed E-state index contributed by atoms with van der Waals surface area (Å²) >= 11 is 1.30. The molecule has 3 aliphatic heterocycles. The first-order valence-corrected chi connectivity index (χ1v) is 48.4. The number of nitrogens with one attached hydrogen (secondary N) is 9. The van der Waals surface area contributed by atoms with Crippen LogP contribution >= 0.6 is 11.3 Å². The van der Waals surface area contributed by atoms with E-state index in [1.54, 1.807) is 78.1 Å². The first-order valence-electron chi connectivity index (χ1n) is 47.5. The number of primary amides is 2. The van der Waals surface area contributed by atoms with Crippen LogP contribution in [0.15, 0.2) is 17.5 Å². The van der Waals surface area contributed by atoms with Gasteiger partial charge in [0.15, 0.2) is 5.78 Å². The topological polar surface area (TPSA) is 488 Å². The van der Waals surface area contributed by atoms with Gasteiger partial charge in [-0.2, -0.15) is 0 Å². The molecule has 1 aromatic rings. The number of urea groups is 1. The van der Waals surface area contributed by atoms with Crippen LogP contribution in [0, 0.1) is 87.3 Å². The van der Waals surface area contributed by atoms with Crippen molar-refractivity contribution in [1.82, 2.24) is 62.6 Å². The summed E-state index contributed by atoms with van der Waals surface area (Å²) in [6.45, 7) is 30.0. The number of hydrogen-bond donors (Lipinski definition) is 11. The van der Waals surface area contributed by atoms with Crippen LogP contribution in [0.2, 0.25) is 0 Å². The fraction of sp³-hybridized carbons (Fsp3) is 0.779. The van der Waals surface area contributed by atoms with Crippen molar-refractivity contribution in [3.05, 3.63) is 22.4 Å². The lowest BCUT2D eigenvalue weighted by atomic mass is 9.75. The maximum atomic E-state index is 14.7. The van der Waals surface area contributed by atoms with Crippen LogP contribution < -0.4 is 59.3 Å². The van der Waals surface area contributed by atoms with E-state index in [0.29, 0.717) is 37.1 Å². The van der Waals surface area contributed by atoms with E-state index in [1.165, 1.54) is 21.1 Å². The van der Waals surface area contributed by atoms with Gasteiger partial charge in [-0.3, -0.25) is 67.1 Å². The molecular weight excluding hydrogens is 1730 g/mol. The summed E-state index contributed by atoms with van der Waals surface area (Å²) in [6.07, 6.45) is 11.7. The number of halogens is 2. The third-order valence-corrected chi connectivity index (χ3v) is 30.4. The summed E-state index contributed by atoms with van der Waals surface area (Å²) in [5.74, 6) is -14.3. The molecule has 3 saturated heterocycles. The van der Waals surface area contributed by atoms with Gasteiger partial charge in [-0.25, -0.2) is 23.2 Å². The number of Topliss-reactive ketones (excluding diaryl/α,β-unsaturated/α-hetero) is 4. The number of likely N-dealkylation sites (tertiary alicyclic amines) is 2. The summed E-state index contributed by atoms with van der Waals surface area (Å²) in [5.41, 5.74) is 7.18. The van der Waals surface area contributed by atoms with E-state index in [-0.39, 0.29) is 119 Å². The van der Waals surface area contributed by atoms with Crippen molar-refractivity contribution >= 4 is 112 Å². The first kappa shape index (κ1) is 103. The van der Waals surface area contributed by atoms with Crippen molar-refractivity contribution in [2.24, 2.45) is 98.7 Å². The van der Waals surface area contributed by atoms with Gasteiger partial charge in [0, 0.05) is 62.3 Å². The van der Waals surface area contributed by atoms with Crippen LogP contribution in [0.4, 0.5) is 23.2 Å². The molecule has 734 valence electrons. The van der Waals surface area contributed by atoms with Crippen LogP contribution in [-0.2, 0) is 81.3 Å². The Kier molecular flexibility index (Phi) is 31.5. The normalized spacial score (nSPS) is 27.2. The van der Waals surface area contributed by atoms with E-state index in [9.17, 15) is 90.3 Å². The average Bonchev–Trinajstić information content (AvgIpc) is 1.52. The number of alkyl carbamates (subject to hydrolysis) is 2. The highest BCUT2D eigenvalue weighted by molar-refractivity contribution is 7.10. The molecule has 13 rings (SSSR count). The predicted octanol–water partition coefficient (Wildman–Crippen LogP) is 7.82. The van der Waals surface area contributed by atoms with Crippen molar-refractivity contribution in [2.45, 2.75) is 347 Å². The number of likely N-dealkylation sites (N-methyl/N-ethyl adjacent to an activating group) is 1. The molecule has 9 saturated carbocycles. The van der Waals surface area contributed by atoms with Crippen LogP contribution in [0.1, 0.15) is 269 Å². The van der Waals surface area contributed by atoms with Gasteiger partial charge in [0.05, 0.1) is 48.3 Å². The Balaban J connectivity index is 0.000000196. The molecule has 0 radical (unpaired) electrons. The predicted molar refractivity (Wildman–Crippen MR) is 481 cm³/mol. The van der Waals surface area contributed by atoms with E-state index >= 15 is 0 Å². The Labute approximate surface area is 777 Å². The van der Waals surface area contributed by atoms with Gasteiger partial charge in [-0.05, 0) is 214 Å².